The second kappa shape index (κ2) is 6.08. The van der Waals surface area contributed by atoms with Gasteiger partial charge in [-0.3, -0.25) is 4.79 Å². The molecule has 0 saturated heterocycles. The van der Waals surface area contributed by atoms with Gasteiger partial charge in [-0.05, 0) is 50.1 Å². The molecular weight excluding hydrogens is 304 g/mol. The molecule has 0 spiro atoms. The van der Waals surface area contributed by atoms with Crippen LogP contribution in [0.25, 0.3) is 0 Å². The van der Waals surface area contributed by atoms with Crippen LogP contribution in [0.3, 0.4) is 0 Å². The van der Waals surface area contributed by atoms with E-state index < -0.39 is 0 Å². The summed E-state index contributed by atoms with van der Waals surface area (Å²) >= 11 is 7.53. The highest BCUT2D eigenvalue weighted by atomic mass is 35.5. The fourth-order valence-corrected chi connectivity index (χ4v) is 3.19. The third-order valence-corrected chi connectivity index (χ3v) is 4.86. The quantitative estimate of drug-likeness (QED) is 0.853. The zero-order valence-electron chi connectivity index (χ0n) is 11.7. The third-order valence-electron chi connectivity index (χ3n) is 3.44. The van der Waals surface area contributed by atoms with Crippen molar-refractivity contribution in [2.75, 3.05) is 5.32 Å². The fraction of sp³-hybridized carbons (Fsp3) is 0.312. The number of carbonyl (C=O) groups is 1. The van der Waals surface area contributed by atoms with Gasteiger partial charge >= 0.3 is 0 Å². The molecule has 3 rings (SSSR count). The molecule has 1 atom stereocenters. The number of anilines is 1. The Morgan fingerprint density at radius 2 is 2.14 bits per heavy atom. The van der Waals surface area contributed by atoms with Crippen molar-refractivity contribution in [2.24, 2.45) is 0 Å². The predicted octanol–water partition coefficient (Wildman–Crippen LogP) is 4.47. The number of thiophene rings is 1. The minimum Gasteiger partial charge on any atom is -0.378 e. The van der Waals surface area contributed by atoms with Crippen molar-refractivity contribution in [2.45, 2.75) is 31.8 Å². The topological polar surface area (TPSA) is 41.1 Å². The van der Waals surface area contributed by atoms with Gasteiger partial charge < -0.3 is 10.6 Å². The summed E-state index contributed by atoms with van der Waals surface area (Å²) < 4.78 is 0.788. The van der Waals surface area contributed by atoms with E-state index in [0.717, 1.165) is 22.9 Å². The zero-order chi connectivity index (χ0) is 14.8. The molecule has 1 aliphatic rings. The molecule has 2 N–H and O–H groups in total. The van der Waals surface area contributed by atoms with E-state index in [2.05, 4.69) is 17.6 Å². The molecule has 1 unspecified atom stereocenters. The van der Waals surface area contributed by atoms with Gasteiger partial charge in [-0.15, -0.1) is 11.3 Å². The molecule has 2 aromatic rings. The maximum atomic E-state index is 12.1. The van der Waals surface area contributed by atoms with Crippen LogP contribution in [0.1, 0.15) is 41.0 Å². The van der Waals surface area contributed by atoms with Crippen LogP contribution in [0.2, 0.25) is 4.34 Å². The lowest BCUT2D eigenvalue weighted by atomic mass is 10.1. The third kappa shape index (κ3) is 3.77. The minimum atomic E-state index is 0.00738. The van der Waals surface area contributed by atoms with Crippen molar-refractivity contribution in [3.05, 3.63) is 51.2 Å². The molecule has 1 heterocycles. The Hall–Kier alpha value is -1.52. The minimum absolute atomic E-state index is 0.00738. The van der Waals surface area contributed by atoms with Gasteiger partial charge in [0, 0.05) is 22.2 Å². The highest BCUT2D eigenvalue weighted by molar-refractivity contribution is 7.16. The van der Waals surface area contributed by atoms with E-state index in [1.54, 1.807) is 11.3 Å². The van der Waals surface area contributed by atoms with Gasteiger partial charge in [0.1, 0.15) is 0 Å². The summed E-state index contributed by atoms with van der Waals surface area (Å²) in [5.74, 6) is 0.00738. The maximum absolute atomic E-state index is 12.1. The van der Waals surface area contributed by atoms with E-state index in [1.807, 2.05) is 36.4 Å². The molecule has 1 saturated carbocycles. The molecule has 21 heavy (non-hydrogen) atoms. The predicted molar refractivity (Wildman–Crippen MR) is 88.3 cm³/mol. The zero-order valence-corrected chi connectivity index (χ0v) is 13.3. The molecule has 1 aliphatic carbocycles. The normalized spacial score (nSPS) is 15.5. The lowest BCUT2D eigenvalue weighted by Crippen LogP contribution is -2.25. The van der Waals surface area contributed by atoms with Crippen molar-refractivity contribution in [3.8, 4) is 0 Å². The molecule has 0 bridgehead atoms. The summed E-state index contributed by atoms with van der Waals surface area (Å²) in [6, 6.07) is 12.1. The Labute approximate surface area is 133 Å². The molecule has 1 amide bonds. The first kappa shape index (κ1) is 14.4. The van der Waals surface area contributed by atoms with Crippen molar-refractivity contribution >= 4 is 34.5 Å². The number of halogens is 1. The van der Waals surface area contributed by atoms with Crippen molar-refractivity contribution < 1.29 is 4.79 Å². The Kier molecular flexibility index (Phi) is 4.17. The molecule has 110 valence electrons. The SMILES string of the molecule is CC(Nc1cccc(C(=O)NC2CC2)c1)c1ccc(Cl)s1. The van der Waals surface area contributed by atoms with Gasteiger partial charge in [0.05, 0.1) is 10.4 Å². The van der Waals surface area contributed by atoms with E-state index in [9.17, 15) is 4.79 Å². The van der Waals surface area contributed by atoms with E-state index in [-0.39, 0.29) is 11.9 Å². The first-order valence-electron chi connectivity index (χ1n) is 7.04. The van der Waals surface area contributed by atoms with Gasteiger partial charge in [0.2, 0.25) is 0 Å². The molecule has 1 fully saturated rings. The first-order valence-corrected chi connectivity index (χ1v) is 8.24. The van der Waals surface area contributed by atoms with E-state index in [1.165, 1.54) is 4.88 Å². The van der Waals surface area contributed by atoms with E-state index in [4.69, 9.17) is 11.6 Å². The Balaban J connectivity index is 1.68. The largest absolute Gasteiger partial charge is 0.378 e. The Morgan fingerprint density at radius 3 is 2.81 bits per heavy atom. The highest BCUT2D eigenvalue weighted by Crippen LogP contribution is 2.29. The second-order valence-corrected chi connectivity index (χ2v) is 7.08. The number of benzene rings is 1. The fourth-order valence-electron chi connectivity index (χ4n) is 2.13. The molecular formula is C16H17ClN2OS. The highest BCUT2D eigenvalue weighted by Gasteiger charge is 2.23. The molecule has 0 aliphatic heterocycles. The smallest absolute Gasteiger partial charge is 0.251 e. The number of hydrogen-bond acceptors (Lipinski definition) is 3. The van der Waals surface area contributed by atoms with Crippen LogP contribution in [0.4, 0.5) is 5.69 Å². The van der Waals surface area contributed by atoms with Crippen LogP contribution in [0, 0.1) is 0 Å². The number of nitrogens with one attached hydrogen (secondary N) is 2. The van der Waals surface area contributed by atoms with Crippen LogP contribution in [0.15, 0.2) is 36.4 Å². The van der Waals surface area contributed by atoms with Crippen molar-refractivity contribution in [1.29, 1.82) is 0 Å². The molecule has 5 heteroatoms. The molecule has 3 nitrogen and oxygen atoms in total. The van der Waals surface area contributed by atoms with Gasteiger partial charge in [0.25, 0.3) is 5.91 Å². The maximum Gasteiger partial charge on any atom is 0.251 e. The summed E-state index contributed by atoms with van der Waals surface area (Å²) in [4.78, 5) is 13.2. The van der Waals surface area contributed by atoms with Crippen LogP contribution in [-0.2, 0) is 0 Å². The Bertz CT molecular complexity index is 651. The lowest BCUT2D eigenvalue weighted by Gasteiger charge is -2.14. The van der Waals surface area contributed by atoms with E-state index >= 15 is 0 Å². The van der Waals surface area contributed by atoms with Crippen LogP contribution in [-0.4, -0.2) is 11.9 Å². The van der Waals surface area contributed by atoms with Gasteiger partial charge in [0.15, 0.2) is 0 Å². The molecule has 1 aromatic heterocycles. The van der Waals surface area contributed by atoms with Crippen molar-refractivity contribution in [1.82, 2.24) is 5.32 Å². The average Bonchev–Trinajstić information content (AvgIpc) is 3.17. The summed E-state index contributed by atoms with van der Waals surface area (Å²) in [6.07, 6.45) is 2.19. The summed E-state index contributed by atoms with van der Waals surface area (Å²) in [5, 5.41) is 6.41. The second-order valence-electron chi connectivity index (χ2n) is 5.34. The number of amides is 1. The Morgan fingerprint density at radius 1 is 1.33 bits per heavy atom. The van der Waals surface area contributed by atoms with Gasteiger partial charge in [-0.25, -0.2) is 0 Å². The van der Waals surface area contributed by atoms with Gasteiger partial charge in [-0.2, -0.15) is 0 Å². The number of rotatable bonds is 5. The van der Waals surface area contributed by atoms with Crippen LogP contribution < -0.4 is 10.6 Å². The summed E-state index contributed by atoms with van der Waals surface area (Å²) in [6.45, 7) is 2.08. The summed E-state index contributed by atoms with van der Waals surface area (Å²) in [7, 11) is 0. The lowest BCUT2D eigenvalue weighted by molar-refractivity contribution is 0.0951. The molecule has 1 aromatic carbocycles. The summed E-state index contributed by atoms with van der Waals surface area (Å²) in [5.41, 5.74) is 1.64. The van der Waals surface area contributed by atoms with Crippen LogP contribution >= 0.6 is 22.9 Å². The van der Waals surface area contributed by atoms with Crippen LogP contribution in [0.5, 0.6) is 0 Å². The first-order chi connectivity index (χ1) is 10.1. The van der Waals surface area contributed by atoms with Gasteiger partial charge in [-0.1, -0.05) is 17.7 Å². The van der Waals surface area contributed by atoms with Crippen molar-refractivity contribution in [3.63, 3.8) is 0 Å². The van der Waals surface area contributed by atoms with E-state index in [0.29, 0.717) is 11.6 Å². The number of hydrogen-bond donors (Lipinski definition) is 2. The monoisotopic (exact) mass is 320 g/mol. The standard InChI is InChI=1S/C16H17ClN2OS/c1-10(14-7-8-15(17)21-14)18-13-4-2-3-11(9-13)16(20)19-12-5-6-12/h2-4,7-10,12,18H,5-6H2,1H3,(H,19,20). The average molecular weight is 321 g/mol. The number of carbonyl (C=O) groups excluding carboxylic acids is 1. The molecule has 0 radical (unpaired) electrons.